The number of nitrogens with one attached hydrogen (secondary N) is 2. The summed E-state index contributed by atoms with van der Waals surface area (Å²) in [4.78, 5) is 25.4. The molecule has 0 spiro atoms. The first kappa shape index (κ1) is 25.8. The summed E-state index contributed by atoms with van der Waals surface area (Å²) in [5.41, 5.74) is 2.27. The van der Waals surface area contributed by atoms with E-state index in [4.69, 9.17) is 16.3 Å². The third-order valence-electron chi connectivity index (χ3n) is 3.78. The second-order valence-electron chi connectivity index (χ2n) is 6.83. The second kappa shape index (κ2) is 13.9. The van der Waals surface area contributed by atoms with Crippen molar-refractivity contribution in [1.82, 2.24) is 19.8 Å². The molecule has 2 amide bonds. The van der Waals surface area contributed by atoms with E-state index in [1.807, 2.05) is 40.1 Å². The van der Waals surface area contributed by atoms with Gasteiger partial charge in [-0.1, -0.05) is 29.1 Å². The fraction of sp³-hybridized carbons (Fsp3) is 0.500. The maximum atomic E-state index is 11.9. The van der Waals surface area contributed by atoms with Crippen LogP contribution < -0.4 is 10.6 Å². The molecule has 0 aliphatic heterocycles. The van der Waals surface area contributed by atoms with Crippen molar-refractivity contribution in [3.63, 3.8) is 0 Å². The van der Waals surface area contributed by atoms with Crippen LogP contribution in [0.15, 0.2) is 18.2 Å². The molecule has 0 unspecified atom stereocenters. The first-order valence-electron chi connectivity index (χ1n) is 9.66. The maximum Gasteiger partial charge on any atom is 0.407 e. The van der Waals surface area contributed by atoms with Crippen LogP contribution in [0, 0.1) is 13.8 Å². The Kier molecular flexibility index (Phi) is 12.0. The van der Waals surface area contributed by atoms with Gasteiger partial charge in [0, 0.05) is 17.3 Å². The van der Waals surface area contributed by atoms with Crippen LogP contribution in [-0.2, 0) is 4.74 Å². The molecular weight excluding hydrogens is 426 g/mol. The number of halogens is 1. The van der Waals surface area contributed by atoms with E-state index in [1.54, 1.807) is 13.0 Å². The minimum Gasteiger partial charge on any atom is -0.450 e. The van der Waals surface area contributed by atoms with Crippen LogP contribution in [0.5, 0.6) is 0 Å². The molecule has 0 saturated carbocycles. The van der Waals surface area contributed by atoms with Crippen molar-refractivity contribution < 1.29 is 14.3 Å². The number of ether oxygens (including phenoxy) is 1. The number of alkyl carbamates (subject to hydrolysis) is 1. The molecule has 1 aromatic heterocycles. The number of hydrogen-bond acceptors (Lipinski definition) is 7. The zero-order chi connectivity index (χ0) is 22.5. The van der Waals surface area contributed by atoms with E-state index < -0.39 is 0 Å². The average molecular weight is 456 g/mol. The molecule has 30 heavy (non-hydrogen) atoms. The highest BCUT2D eigenvalue weighted by Gasteiger charge is 2.13. The number of carbonyl (C=O) groups excluding carboxylic acids is 2. The van der Waals surface area contributed by atoms with Crippen molar-refractivity contribution in [2.45, 2.75) is 33.6 Å². The lowest BCUT2D eigenvalue weighted by Crippen LogP contribution is -2.27. The summed E-state index contributed by atoms with van der Waals surface area (Å²) in [6, 6.07) is 5.39. The van der Waals surface area contributed by atoms with Gasteiger partial charge in [-0.25, -0.2) is 4.79 Å². The van der Waals surface area contributed by atoms with Gasteiger partial charge in [-0.2, -0.15) is 0 Å². The number of anilines is 1. The normalized spacial score (nSPS) is 10.2. The van der Waals surface area contributed by atoms with E-state index in [-0.39, 0.29) is 12.0 Å². The van der Waals surface area contributed by atoms with Crippen molar-refractivity contribution in [1.29, 1.82) is 0 Å². The largest absolute Gasteiger partial charge is 0.450 e. The molecule has 0 aliphatic rings. The predicted octanol–water partition coefficient (Wildman–Crippen LogP) is 4.13. The Morgan fingerprint density at radius 1 is 1.27 bits per heavy atom. The Bertz CT molecular complexity index is 813. The second-order valence-corrected chi connectivity index (χ2v) is 7.99. The molecule has 8 nitrogen and oxygen atoms in total. The van der Waals surface area contributed by atoms with Crippen LogP contribution in [0.2, 0.25) is 5.02 Å². The molecule has 0 atom stereocenters. The van der Waals surface area contributed by atoms with Crippen LogP contribution in [0.3, 0.4) is 0 Å². The fourth-order valence-corrected chi connectivity index (χ4v) is 2.86. The number of benzene rings is 1. The molecule has 0 bridgehead atoms. The summed E-state index contributed by atoms with van der Waals surface area (Å²) in [5, 5.41) is 9.86. The van der Waals surface area contributed by atoms with Crippen molar-refractivity contribution in [2.24, 2.45) is 0 Å². The highest BCUT2D eigenvalue weighted by Crippen LogP contribution is 2.21. The molecule has 1 heterocycles. The topological polar surface area (TPSA) is 96.5 Å². The van der Waals surface area contributed by atoms with Crippen molar-refractivity contribution in [3.8, 4) is 0 Å². The number of hydrogen-bond donors (Lipinski definition) is 2. The highest BCUT2D eigenvalue weighted by atomic mass is 35.5. The van der Waals surface area contributed by atoms with Gasteiger partial charge in [0.05, 0.1) is 12.3 Å². The Morgan fingerprint density at radius 3 is 2.57 bits per heavy atom. The standard InChI is InChI=1S/C11H10ClN3OS.C9H20N2O2/c1-6-3-4-8(5-9(6)12)13-11(16)10-7(2)14-15-17-10;1-4-8-13-9(12)10-6-5-7-11(2)3/h3-5H,1-2H3,(H,13,16);4-8H2,1-3H3,(H,10,12). The Balaban J connectivity index is 0.000000314. The van der Waals surface area contributed by atoms with E-state index in [2.05, 4.69) is 25.1 Å². The molecule has 0 saturated heterocycles. The zero-order valence-corrected chi connectivity index (χ0v) is 19.7. The molecule has 0 aliphatic carbocycles. The molecule has 2 rings (SSSR count). The summed E-state index contributed by atoms with van der Waals surface area (Å²) in [6.45, 7) is 7.79. The Morgan fingerprint density at radius 2 is 2.00 bits per heavy atom. The SMILES string of the molecule is CCCOC(=O)NCCCN(C)C.Cc1ccc(NC(=O)c2snnc2C)cc1Cl. The fourth-order valence-electron chi connectivity index (χ4n) is 2.13. The summed E-state index contributed by atoms with van der Waals surface area (Å²) in [5.74, 6) is -0.211. The number of rotatable bonds is 8. The highest BCUT2D eigenvalue weighted by molar-refractivity contribution is 7.08. The zero-order valence-electron chi connectivity index (χ0n) is 18.1. The van der Waals surface area contributed by atoms with Gasteiger partial charge in [-0.3, -0.25) is 4.79 Å². The Labute approximate surface area is 187 Å². The molecule has 10 heteroatoms. The van der Waals surface area contributed by atoms with Crippen LogP contribution in [-0.4, -0.2) is 60.3 Å². The third kappa shape index (κ3) is 10.00. The van der Waals surface area contributed by atoms with Crippen LogP contribution >= 0.6 is 23.1 Å². The quantitative estimate of drug-likeness (QED) is 0.581. The van der Waals surface area contributed by atoms with Gasteiger partial charge in [0.1, 0.15) is 4.88 Å². The summed E-state index contributed by atoms with van der Waals surface area (Å²) in [7, 11) is 4.02. The minimum atomic E-state index is -0.305. The van der Waals surface area contributed by atoms with Crippen LogP contribution in [0.25, 0.3) is 0 Å². The van der Waals surface area contributed by atoms with Crippen LogP contribution in [0.4, 0.5) is 10.5 Å². The van der Waals surface area contributed by atoms with Crippen LogP contribution in [0.1, 0.15) is 40.7 Å². The third-order valence-corrected chi connectivity index (χ3v) is 5.01. The van der Waals surface area contributed by atoms with E-state index >= 15 is 0 Å². The number of aryl methyl sites for hydroxylation is 2. The van der Waals surface area contributed by atoms with Gasteiger partial charge in [-0.15, -0.1) is 5.10 Å². The van der Waals surface area contributed by atoms with E-state index in [0.29, 0.717) is 34.4 Å². The number of nitrogens with zero attached hydrogens (tertiary/aromatic N) is 3. The molecule has 0 fully saturated rings. The van der Waals surface area contributed by atoms with Crippen molar-refractivity contribution in [3.05, 3.63) is 39.4 Å². The van der Waals surface area contributed by atoms with Gasteiger partial charge < -0.3 is 20.3 Å². The number of aromatic nitrogens is 2. The lowest BCUT2D eigenvalue weighted by molar-refractivity contribution is 0.102. The Hall–Kier alpha value is -2.23. The maximum absolute atomic E-state index is 11.9. The summed E-state index contributed by atoms with van der Waals surface area (Å²) < 4.78 is 8.56. The van der Waals surface area contributed by atoms with Crippen molar-refractivity contribution in [2.75, 3.05) is 39.1 Å². The molecule has 2 aromatic rings. The summed E-state index contributed by atoms with van der Waals surface area (Å²) >= 11 is 7.06. The number of amides is 2. The van der Waals surface area contributed by atoms with Gasteiger partial charge in [0.15, 0.2) is 0 Å². The monoisotopic (exact) mass is 455 g/mol. The molecule has 1 aromatic carbocycles. The number of carbonyl (C=O) groups is 2. The minimum absolute atomic E-state index is 0.211. The lowest BCUT2D eigenvalue weighted by Gasteiger charge is -2.09. The first-order chi connectivity index (χ1) is 14.2. The summed E-state index contributed by atoms with van der Waals surface area (Å²) in [6.07, 6.45) is 1.51. The molecular formula is C20H30ClN5O3S. The molecule has 166 valence electrons. The predicted molar refractivity (Wildman–Crippen MR) is 122 cm³/mol. The lowest BCUT2D eigenvalue weighted by atomic mass is 10.2. The molecule has 2 N–H and O–H groups in total. The van der Waals surface area contributed by atoms with E-state index in [1.165, 1.54) is 0 Å². The smallest absolute Gasteiger partial charge is 0.407 e. The molecule has 0 radical (unpaired) electrons. The van der Waals surface area contributed by atoms with Gasteiger partial charge in [-0.05, 0) is 76.6 Å². The average Bonchev–Trinajstić information content (AvgIpc) is 3.13. The van der Waals surface area contributed by atoms with Gasteiger partial charge >= 0.3 is 6.09 Å². The van der Waals surface area contributed by atoms with Gasteiger partial charge in [0.25, 0.3) is 5.91 Å². The van der Waals surface area contributed by atoms with E-state index in [0.717, 1.165) is 36.5 Å². The first-order valence-corrected chi connectivity index (χ1v) is 10.8. The van der Waals surface area contributed by atoms with E-state index in [9.17, 15) is 9.59 Å². The van der Waals surface area contributed by atoms with Crippen molar-refractivity contribution >= 4 is 40.8 Å². The van der Waals surface area contributed by atoms with Gasteiger partial charge in [0.2, 0.25) is 0 Å².